The van der Waals surface area contributed by atoms with E-state index in [1.165, 1.54) is 38.9 Å². The minimum atomic E-state index is -0.535. The molecule has 1 aliphatic rings. The number of hydrogen-bond acceptors (Lipinski definition) is 4. The molecule has 0 bridgehead atoms. The minimum Gasteiger partial charge on any atom is -0.394 e. The van der Waals surface area contributed by atoms with E-state index < -0.39 is 6.10 Å². The highest BCUT2D eigenvalue weighted by Crippen LogP contribution is 2.10. The van der Waals surface area contributed by atoms with Crippen LogP contribution < -0.4 is 0 Å². The molecule has 0 amide bonds. The Balaban J connectivity index is 1.84. The quantitative estimate of drug-likeness (QED) is 0.614. The molecule has 4 heteroatoms. The first-order valence-corrected chi connectivity index (χ1v) is 6.57. The molecule has 0 aromatic carbocycles. The summed E-state index contributed by atoms with van der Waals surface area (Å²) in [5, 5.41) is 17.7. The van der Waals surface area contributed by atoms with Gasteiger partial charge < -0.3 is 15.1 Å². The van der Waals surface area contributed by atoms with Crippen LogP contribution in [-0.2, 0) is 0 Å². The van der Waals surface area contributed by atoms with E-state index in [2.05, 4.69) is 4.90 Å². The number of rotatable bonds is 7. The molecule has 0 radical (unpaired) electrons. The van der Waals surface area contributed by atoms with E-state index in [4.69, 9.17) is 10.2 Å². The van der Waals surface area contributed by atoms with E-state index in [-0.39, 0.29) is 6.61 Å². The molecule has 84 valence electrons. The van der Waals surface area contributed by atoms with E-state index in [1.807, 2.05) is 0 Å². The van der Waals surface area contributed by atoms with Gasteiger partial charge in [0.05, 0.1) is 12.7 Å². The maximum atomic E-state index is 9.09. The molecule has 2 N–H and O–H groups in total. The molecule has 1 fully saturated rings. The topological polar surface area (TPSA) is 43.7 Å². The number of hydrogen-bond donors (Lipinski definition) is 2. The zero-order valence-electron chi connectivity index (χ0n) is 8.69. The summed E-state index contributed by atoms with van der Waals surface area (Å²) in [6.45, 7) is 3.62. The van der Waals surface area contributed by atoms with Crippen LogP contribution in [0.5, 0.6) is 0 Å². The Hall–Kier alpha value is 0.230. The fourth-order valence-corrected chi connectivity index (χ4v) is 2.55. The second kappa shape index (κ2) is 7.51. The van der Waals surface area contributed by atoms with Crippen LogP contribution in [0, 0.1) is 0 Å². The summed E-state index contributed by atoms with van der Waals surface area (Å²) in [5.41, 5.74) is 0. The fourth-order valence-electron chi connectivity index (χ4n) is 1.67. The van der Waals surface area contributed by atoms with Crippen LogP contribution in [0.3, 0.4) is 0 Å². The van der Waals surface area contributed by atoms with Crippen molar-refractivity contribution in [1.29, 1.82) is 0 Å². The molecule has 3 nitrogen and oxygen atoms in total. The molecule has 1 unspecified atom stereocenters. The molecule has 14 heavy (non-hydrogen) atoms. The summed E-state index contributed by atoms with van der Waals surface area (Å²) in [6.07, 6.45) is 3.38. The Morgan fingerprint density at radius 3 is 2.64 bits per heavy atom. The molecule has 0 aromatic rings. The van der Waals surface area contributed by atoms with Gasteiger partial charge in [0.2, 0.25) is 0 Å². The van der Waals surface area contributed by atoms with Crippen LogP contribution in [-0.4, -0.2) is 59.0 Å². The monoisotopic (exact) mass is 219 g/mol. The summed E-state index contributed by atoms with van der Waals surface area (Å²) in [5.74, 6) is 1.75. The van der Waals surface area contributed by atoms with Gasteiger partial charge in [-0.15, -0.1) is 0 Å². The smallest absolute Gasteiger partial charge is 0.0861 e. The van der Waals surface area contributed by atoms with E-state index in [1.54, 1.807) is 11.8 Å². The largest absolute Gasteiger partial charge is 0.394 e. The number of likely N-dealkylation sites (tertiary alicyclic amines) is 1. The molecule has 0 saturated carbocycles. The van der Waals surface area contributed by atoms with Crippen LogP contribution >= 0.6 is 11.8 Å². The van der Waals surface area contributed by atoms with Gasteiger partial charge in [-0.2, -0.15) is 11.8 Å². The van der Waals surface area contributed by atoms with Gasteiger partial charge in [-0.25, -0.2) is 0 Å². The van der Waals surface area contributed by atoms with Crippen molar-refractivity contribution in [3.05, 3.63) is 0 Å². The predicted molar refractivity (Wildman–Crippen MR) is 60.7 cm³/mol. The maximum Gasteiger partial charge on any atom is 0.0861 e. The second-order valence-electron chi connectivity index (χ2n) is 3.81. The normalized spacial score (nSPS) is 20.1. The highest BCUT2D eigenvalue weighted by molar-refractivity contribution is 7.99. The third kappa shape index (κ3) is 5.20. The van der Waals surface area contributed by atoms with Gasteiger partial charge in [0.25, 0.3) is 0 Å². The van der Waals surface area contributed by atoms with Crippen molar-refractivity contribution in [3.63, 3.8) is 0 Å². The lowest BCUT2D eigenvalue weighted by Crippen LogP contribution is -2.21. The lowest BCUT2D eigenvalue weighted by molar-refractivity contribution is 0.113. The van der Waals surface area contributed by atoms with Gasteiger partial charge in [0, 0.05) is 5.75 Å². The highest BCUT2D eigenvalue weighted by atomic mass is 32.2. The molecule has 1 rings (SSSR count). The molecular weight excluding hydrogens is 198 g/mol. The van der Waals surface area contributed by atoms with E-state index >= 15 is 0 Å². The van der Waals surface area contributed by atoms with Gasteiger partial charge in [-0.1, -0.05) is 0 Å². The lowest BCUT2D eigenvalue weighted by atomic mass is 10.4. The van der Waals surface area contributed by atoms with Crippen molar-refractivity contribution in [3.8, 4) is 0 Å². The van der Waals surface area contributed by atoms with Crippen molar-refractivity contribution in [2.24, 2.45) is 0 Å². The van der Waals surface area contributed by atoms with Crippen molar-refractivity contribution < 1.29 is 10.2 Å². The van der Waals surface area contributed by atoms with Crippen LogP contribution in [0.15, 0.2) is 0 Å². The third-order valence-electron chi connectivity index (χ3n) is 2.48. The summed E-state index contributed by atoms with van der Waals surface area (Å²) in [7, 11) is 0. The average Bonchev–Trinajstić information content (AvgIpc) is 2.69. The SMILES string of the molecule is OCC(O)CSCCCN1CCCC1. The van der Waals surface area contributed by atoms with Gasteiger partial charge >= 0.3 is 0 Å². The standard InChI is InChI=1S/C10H21NO2S/c12-8-10(13)9-14-7-3-6-11-4-1-2-5-11/h10,12-13H,1-9H2. The Bertz CT molecular complexity index is 140. The second-order valence-corrected chi connectivity index (χ2v) is 4.96. The van der Waals surface area contributed by atoms with Crippen LogP contribution in [0.4, 0.5) is 0 Å². The Kier molecular flexibility index (Phi) is 6.60. The van der Waals surface area contributed by atoms with Crippen molar-refractivity contribution in [2.45, 2.75) is 25.4 Å². The van der Waals surface area contributed by atoms with Gasteiger partial charge in [0.15, 0.2) is 0 Å². The molecule has 0 spiro atoms. The summed E-state index contributed by atoms with van der Waals surface area (Å²) < 4.78 is 0. The Morgan fingerprint density at radius 2 is 2.00 bits per heavy atom. The molecule has 1 aliphatic heterocycles. The minimum absolute atomic E-state index is 0.112. The zero-order valence-corrected chi connectivity index (χ0v) is 9.51. The third-order valence-corrected chi connectivity index (χ3v) is 3.68. The van der Waals surface area contributed by atoms with Gasteiger partial charge in [-0.05, 0) is 44.6 Å². The first kappa shape index (κ1) is 12.3. The highest BCUT2D eigenvalue weighted by Gasteiger charge is 2.10. The van der Waals surface area contributed by atoms with E-state index in [9.17, 15) is 0 Å². The van der Waals surface area contributed by atoms with Gasteiger partial charge in [0.1, 0.15) is 0 Å². The fraction of sp³-hybridized carbons (Fsp3) is 1.00. The van der Waals surface area contributed by atoms with Crippen LogP contribution in [0.2, 0.25) is 0 Å². The number of nitrogens with zero attached hydrogens (tertiary/aromatic N) is 1. The number of aliphatic hydroxyl groups is 2. The number of thioether (sulfide) groups is 1. The molecule has 0 aliphatic carbocycles. The molecular formula is C10H21NO2S. The summed E-state index contributed by atoms with van der Waals surface area (Å²) in [4.78, 5) is 2.50. The van der Waals surface area contributed by atoms with Crippen molar-refractivity contribution in [1.82, 2.24) is 4.90 Å². The predicted octanol–water partition coefficient (Wildman–Crippen LogP) is 0.559. The average molecular weight is 219 g/mol. The summed E-state index contributed by atoms with van der Waals surface area (Å²) >= 11 is 1.73. The van der Waals surface area contributed by atoms with E-state index in [0.29, 0.717) is 5.75 Å². The van der Waals surface area contributed by atoms with Gasteiger partial charge in [-0.3, -0.25) is 0 Å². The number of aliphatic hydroxyl groups excluding tert-OH is 2. The van der Waals surface area contributed by atoms with Crippen molar-refractivity contribution in [2.75, 3.05) is 37.7 Å². The zero-order chi connectivity index (χ0) is 10.2. The molecule has 1 saturated heterocycles. The first-order valence-electron chi connectivity index (χ1n) is 5.42. The first-order chi connectivity index (χ1) is 6.83. The van der Waals surface area contributed by atoms with Crippen molar-refractivity contribution >= 4 is 11.8 Å². The van der Waals surface area contributed by atoms with Crippen LogP contribution in [0.1, 0.15) is 19.3 Å². The molecule has 0 aromatic heterocycles. The summed E-state index contributed by atoms with van der Waals surface area (Å²) in [6, 6.07) is 0. The van der Waals surface area contributed by atoms with E-state index in [0.717, 1.165) is 5.75 Å². The Morgan fingerprint density at radius 1 is 1.29 bits per heavy atom. The lowest BCUT2D eigenvalue weighted by Gasteiger charge is -2.14. The van der Waals surface area contributed by atoms with Crippen LogP contribution in [0.25, 0.3) is 0 Å². The molecule has 1 atom stereocenters. The molecule has 1 heterocycles. The maximum absolute atomic E-state index is 9.09. The Labute approximate surface area is 90.5 Å².